The number of esters is 2. The first-order valence-corrected chi connectivity index (χ1v) is 28.0. The van der Waals surface area contributed by atoms with Gasteiger partial charge in [-0.1, -0.05) is 205 Å². The van der Waals surface area contributed by atoms with Crippen LogP contribution in [-0.2, 0) is 38.7 Å². The van der Waals surface area contributed by atoms with Gasteiger partial charge in [0.2, 0.25) is 0 Å². The Balaban J connectivity index is 2.35. The number of allylic oxidation sites excluding steroid dienone is 4. The highest BCUT2D eigenvalue weighted by Crippen LogP contribution is 2.24. The molecule has 4 N–H and O–H groups in total. The lowest BCUT2D eigenvalue weighted by atomic mass is 10.00. The molecule has 2 unspecified atom stereocenters. The van der Waals surface area contributed by atoms with Crippen LogP contribution in [0.15, 0.2) is 24.3 Å². The molecule has 1 aliphatic heterocycles. The Morgan fingerprint density at radius 1 is 0.523 bits per heavy atom. The smallest absolute Gasteiger partial charge is 0.306 e. The van der Waals surface area contributed by atoms with Crippen LogP contribution in [0.5, 0.6) is 0 Å². The maximum Gasteiger partial charge on any atom is 0.306 e. The highest BCUT2D eigenvalue weighted by atomic mass is 32.2. The van der Waals surface area contributed by atoms with Crippen LogP contribution in [0, 0.1) is 0 Å². The Labute approximate surface area is 396 Å². The van der Waals surface area contributed by atoms with Crippen LogP contribution in [0.4, 0.5) is 0 Å². The van der Waals surface area contributed by atoms with E-state index in [2.05, 4.69) is 38.2 Å². The van der Waals surface area contributed by atoms with Crippen molar-refractivity contribution in [1.82, 2.24) is 0 Å². The van der Waals surface area contributed by atoms with E-state index >= 15 is 0 Å². The third kappa shape index (κ3) is 36.8. The van der Waals surface area contributed by atoms with Gasteiger partial charge in [0, 0.05) is 12.8 Å². The van der Waals surface area contributed by atoms with Crippen molar-refractivity contribution < 1.29 is 56.8 Å². The van der Waals surface area contributed by atoms with Crippen LogP contribution in [0.3, 0.4) is 0 Å². The van der Waals surface area contributed by atoms with Crippen LogP contribution >= 0.6 is 0 Å². The van der Waals surface area contributed by atoms with Gasteiger partial charge in [0.1, 0.15) is 36.8 Å². The van der Waals surface area contributed by atoms with Crippen molar-refractivity contribution in [2.75, 3.05) is 19.0 Å². The SMILES string of the molecule is CCCCC/C=C/C/C=C/CCCCCCCCCCCC(=O)OC[C@H](CO[C@H]1O[C@H](CS(=O)(=O)O)[C@@H](O)C(O)C1O)OC(=O)CCCCCCCCCCCCCCCCCCCC. The normalized spacial score (nSPS) is 19.6. The van der Waals surface area contributed by atoms with Crippen LogP contribution < -0.4 is 0 Å². The topological polar surface area (TPSA) is 186 Å². The molecule has 1 rings (SSSR count). The quantitative estimate of drug-likeness (QED) is 0.0196. The zero-order valence-electron chi connectivity index (χ0n) is 41.1. The number of ether oxygens (including phenoxy) is 4. The number of rotatable bonds is 45. The molecule has 382 valence electrons. The number of aliphatic hydroxyl groups is 3. The monoisotopic (exact) mass is 945 g/mol. The van der Waals surface area contributed by atoms with Crippen molar-refractivity contribution in [3.8, 4) is 0 Å². The molecule has 1 saturated heterocycles. The Hall–Kier alpha value is -1.87. The molecule has 6 atom stereocenters. The van der Waals surface area contributed by atoms with Crippen molar-refractivity contribution in [3.05, 3.63) is 24.3 Å². The van der Waals surface area contributed by atoms with Gasteiger partial charge in [-0.05, 0) is 44.9 Å². The summed E-state index contributed by atoms with van der Waals surface area (Å²) in [5, 5.41) is 31.0. The average molecular weight is 945 g/mol. The summed E-state index contributed by atoms with van der Waals surface area (Å²) < 4.78 is 54.3. The molecule has 0 aromatic heterocycles. The fraction of sp³-hybridized carbons (Fsp3) is 0.885. The summed E-state index contributed by atoms with van der Waals surface area (Å²) in [6.07, 6.45) is 39.2. The molecule has 1 heterocycles. The maximum atomic E-state index is 12.9. The first-order valence-electron chi connectivity index (χ1n) is 26.4. The van der Waals surface area contributed by atoms with Gasteiger partial charge >= 0.3 is 11.9 Å². The number of unbranched alkanes of at least 4 members (excludes halogenated alkanes) is 29. The summed E-state index contributed by atoms with van der Waals surface area (Å²) in [5.41, 5.74) is 0. The van der Waals surface area contributed by atoms with E-state index in [0.29, 0.717) is 12.8 Å². The number of carbonyl (C=O) groups is 2. The molecule has 1 fully saturated rings. The van der Waals surface area contributed by atoms with Gasteiger partial charge in [-0.2, -0.15) is 8.42 Å². The fourth-order valence-corrected chi connectivity index (χ4v) is 8.87. The molecule has 65 heavy (non-hydrogen) atoms. The minimum Gasteiger partial charge on any atom is -0.462 e. The summed E-state index contributed by atoms with van der Waals surface area (Å²) >= 11 is 0. The van der Waals surface area contributed by atoms with E-state index in [1.54, 1.807) is 0 Å². The lowest BCUT2D eigenvalue weighted by molar-refractivity contribution is -0.297. The van der Waals surface area contributed by atoms with Gasteiger partial charge in [0.05, 0.1) is 6.61 Å². The van der Waals surface area contributed by atoms with Crippen molar-refractivity contribution in [2.24, 2.45) is 0 Å². The van der Waals surface area contributed by atoms with E-state index in [1.165, 1.54) is 148 Å². The standard InChI is InChI=1S/C52H96O12S/c1-3-5-7-9-11-13-15-17-19-21-23-25-26-28-30-32-34-36-38-40-47(53)61-42-45(43-62-52-51(57)50(56)49(55)46(64-52)44-65(58,59)60)63-48(54)41-39-37-35-33-31-29-27-24-22-20-18-16-14-12-10-8-6-4-2/h11,13,17,19,45-46,49-52,55-57H,3-10,12,14-16,18,20-44H2,1-2H3,(H,58,59,60)/b13-11+,19-17+/t45-,46-,49-,50?,51?,52+/m1/s1. The predicted octanol–water partition coefficient (Wildman–Crippen LogP) is 12.0. The molecule has 0 amide bonds. The van der Waals surface area contributed by atoms with Crippen molar-refractivity contribution >= 4 is 22.1 Å². The molecule has 12 nitrogen and oxygen atoms in total. The van der Waals surface area contributed by atoms with Crippen molar-refractivity contribution in [1.29, 1.82) is 0 Å². The van der Waals surface area contributed by atoms with Gasteiger partial charge in [-0.15, -0.1) is 0 Å². The van der Waals surface area contributed by atoms with Gasteiger partial charge in [-0.25, -0.2) is 0 Å². The van der Waals surface area contributed by atoms with Crippen LogP contribution in [0.2, 0.25) is 0 Å². The minimum atomic E-state index is -4.60. The third-order valence-corrected chi connectivity index (χ3v) is 13.0. The summed E-state index contributed by atoms with van der Waals surface area (Å²) in [5.74, 6) is -1.97. The van der Waals surface area contributed by atoms with Gasteiger partial charge in [0.25, 0.3) is 10.1 Å². The number of carbonyl (C=O) groups excluding carboxylic acids is 2. The first-order chi connectivity index (χ1) is 31.5. The fourth-order valence-electron chi connectivity index (χ4n) is 8.18. The van der Waals surface area contributed by atoms with E-state index in [1.807, 2.05) is 0 Å². The highest BCUT2D eigenvalue weighted by molar-refractivity contribution is 7.85. The zero-order valence-corrected chi connectivity index (χ0v) is 41.9. The molecule has 1 aliphatic rings. The second-order valence-corrected chi connectivity index (χ2v) is 20.0. The molecule has 13 heteroatoms. The summed E-state index contributed by atoms with van der Waals surface area (Å²) in [7, 11) is -4.60. The van der Waals surface area contributed by atoms with E-state index in [9.17, 15) is 37.9 Å². The number of hydrogen-bond donors (Lipinski definition) is 4. The molecule has 0 aromatic carbocycles. The molecule has 0 radical (unpaired) electrons. The molecule has 0 aromatic rings. The van der Waals surface area contributed by atoms with E-state index in [-0.39, 0.29) is 19.4 Å². The summed E-state index contributed by atoms with van der Waals surface area (Å²) in [6, 6.07) is 0. The second kappa shape index (κ2) is 42.2. The van der Waals surface area contributed by atoms with Crippen LogP contribution in [-0.4, -0.2) is 96.0 Å². The molecular weight excluding hydrogens is 849 g/mol. The average Bonchev–Trinajstić information content (AvgIpc) is 3.27. The number of aliphatic hydroxyl groups excluding tert-OH is 3. The summed E-state index contributed by atoms with van der Waals surface area (Å²) in [6.45, 7) is 3.77. The van der Waals surface area contributed by atoms with Crippen molar-refractivity contribution in [3.63, 3.8) is 0 Å². The number of hydrogen-bond acceptors (Lipinski definition) is 11. The van der Waals surface area contributed by atoms with Gasteiger partial charge < -0.3 is 34.3 Å². The molecule has 0 spiro atoms. The maximum absolute atomic E-state index is 12.9. The predicted molar refractivity (Wildman–Crippen MR) is 261 cm³/mol. The Morgan fingerprint density at radius 2 is 0.923 bits per heavy atom. The molecular formula is C52H96O12S. The molecule has 0 aliphatic carbocycles. The molecule has 0 bridgehead atoms. The Bertz CT molecular complexity index is 1290. The Kier molecular flexibility index (Phi) is 39.7. The van der Waals surface area contributed by atoms with E-state index < -0.39 is 71.2 Å². The van der Waals surface area contributed by atoms with E-state index in [0.717, 1.165) is 51.4 Å². The Morgan fingerprint density at radius 3 is 1.38 bits per heavy atom. The third-order valence-electron chi connectivity index (χ3n) is 12.3. The van der Waals surface area contributed by atoms with E-state index in [4.69, 9.17) is 18.9 Å². The minimum absolute atomic E-state index is 0.168. The van der Waals surface area contributed by atoms with Gasteiger partial charge in [0.15, 0.2) is 12.4 Å². The zero-order chi connectivity index (χ0) is 47.6. The first kappa shape index (κ1) is 61.1. The highest BCUT2D eigenvalue weighted by Gasteiger charge is 2.46. The van der Waals surface area contributed by atoms with Crippen LogP contribution in [0.25, 0.3) is 0 Å². The van der Waals surface area contributed by atoms with Gasteiger partial charge in [-0.3, -0.25) is 14.1 Å². The lowest BCUT2D eigenvalue weighted by Gasteiger charge is -2.40. The van der Waals surface area contributed by atoms with Crippen molar-refractivity contribution in [2.45, 2.75) is 275 Å². The largest absolute Gasteiger partial charge is 0.462 e. The van der Waals surface area contributed by atoms with Crippen LogP contribution in [0.1, 0.15) is 239 Å². The molecule has 0 saturated carbocycles. The summed E-state index contributed by atoms with van der Waals surface area (Å²) in [4.78, 5) is 25.5. The lowest BCUT2D eigenvalue weighted by Crippen LogP contribution is -2.60. The second-order valence-electron chi connectivity index (χ2n) is 18.5.